The molecule has 0 spiro atoms. The second-order valence-corrected chi connectivity index (χ2v) is 10.4. The largest absolute Gasteiger partial charge is 0.485 e. The number of hydrogen-bond donors (Lipinski definition) is 0. The summed E-state index contributed by atoms with van der Waals surface area (Å²) in [7, 11) is 0. The molecule has 0 N–H and O–H groups in total. The van der Waals surface area contributed by atoms with Crippen molar-refractivity contribution in [3.8, 4) is 11.5 Å². The fourth-order valence-corrected chi connectivity index (χ4v) is 6.85. The highest BCUT2D eigenvalue weighted by atomic mass is 32.2. The van der Waals surface area contributed by atoms with E-state index < -0.39 is 6.10 Å². The first-order valence-electron chi connectivity index (χ1n) is 10.5. The molecule has 0 aromatic heterocycles. The van der Waals surface area contributed by atoms with Crippen molar-refractivity contribution in [1.29, 1.82) is 0 Å². The molecule has 162 valence electrons. The van der Waals surface area contributed by atoms with E-state index >= 15 is 0 Å². The fraction of sp³-hybridized carbons (Fsp3) is 0.391. The van der Waals surface area contributed by atoms with Crippen LogP contribution < -0.4 is 9.47 Å². The van der Waals surface area contributed by atoms with Gasteiger partial charge in [0.05, 0.1) is 4.58 Å². The Morgan fingerprint density at radius 2 is 1.48 bits per heavy atom. The van der Waals surface area contributed by atoms with Crippen molar-refractivity contribution in [2.45, 2.75) is 10.7 Å². The van der Waals surface area contributed by atoms with E-state index in [9.17, 15) is 9.59 Å². The van der Waals surface area contributed by atoms with Crippen molar-refractivity contribution in [1.82, 2.24) is 9.80 Å². The van der Waals surface area contributed by atoms with Gasteiger partial charge in [-0.05, 0) is 29.8 Å². The van der Waals surface area contributed by atoms with Gasteiger partial charge in [0.15, 0.2) is 11.5 Å². The predicted molar refractivity (Wildman–Crippen MR) is 123 cm³/mol. The van der Waals surface area contributed by atoms with Crippen molar-refractivity contribution in [2.24, 2.45) is 0 Å². The number of amides is 2. The summed E-state index contributed by atoms with van der Waals surface area (Å²) in [5.41, 5.74) is 1.98. The number of carbonyl (C=O) groups is 2. The summed E-state index contributed by atoms with van der Waals surface area (Å²) in [6.07, 6.45) is -0.643. The van der Waals surface area contributed by atoms with Crippen LogP contribution in [0.2, 0.25) is 0 Å². The molecule has 1 atom stereocenters. The first-order valence-corrected chi connectivity index (χ1v) is 12.6. The van der Waals surface area contributed by atoms with E-state index in [1.807, 2.05) is 58.8 Å². The molecule has 2 aromatic rings. The number of carbonyl (C=O) groups excluding carboxylic acids is 2. The van der Waals surface area contributed by atoms with Crippen molar-refractivity contribution in [3.63, 3.8) is 0 Å². The van der Waals surface area contributed by atoms with E-state index in [1.54, 1.807) is 11.0 Å². The molecular weight excluding hydrogens is 432 g/mol. The smallest absolute Gasteiger partial charge is 0.267 e. The van der Waals surface area contributed by atoms with Crippen LogP contribution in [-0.2, 0) is 4.79 Å². The molecule has 31 heavy (non-hydrogen) atoms. The maximum absolute atomic E-state index is 12.9. The average Bonchev–Trinajstić information content (AvgIpc) is 3.38. The van der Waals surface area contributed by atoms with Gasteiger partial charge >= 0.3 is 0 Å². The average molecular weight is 457 g/mol. The van der Waals surface area contributed by atoms with E-state index in [-0.39, 0.29) is 18.4 Å². The molecular formula is C23H24N2O4S2. The van der Waals surface area contributed by atoms with E-state index in [1.165, 1.54) is 17.1 Å². The molecule has 3 aliphatic heterocycles. The molecule has 2 amide bonds. The fourth-order valence-electron chi connectivity index (χ4n) is 3.99. The van der Waals surface area contributed by atoms with Gasteiger partial charge in [0.25, 0.3) is 11.8 Å². The number of thioether (sulfide) groups is 2. The zero-order valence-electron chi connectivity index (χ0n) is 17.1. The van der Waals surface area contributed by atoms with Crippen LogP contribution in [0.5, 0.6) is 11.5 Å². The second-order valence-electron chi connectivity index (χ2n) is 7.68. The number of hydrogen-bond acceptors (Lipinski definition) is 6. The van der Waals surface area contributed by atoms with Crippen LogP contribution in [0.4, 0.5) is 0 Å². The standard InChI is InChI=1S/C23H24N2O4S2/c26-21(16-5-7-17(8-6-16)23-30-13-14-31-23)24-9-11-25(12-10-24)22(27)20-15-28-18-3-1-2-4-19(18)29-20/h1-8,20,23H,9-15H2/t20-/m1/s1. The Morgan fingerprint density at radius 3 is 2.19 bits per heavy atom. The summed E-state index contributed by atoms with van der Waals surface area (Å²) >= 11 is 3.92. The molecule has 0 bridgehead atoms. The SMILES string of the molecule is O=C(c1ccc(C2SCCS2)cc1)N1CCN(C(=O)[C@H]2COc3ccccc3O2)CC1. The summed E-state index contributed by atoms with van der Waals surface area (Å²) in [4.78, 5) is 29.4. The summed E-state index contributed by atoms with van der Waals surface area (Å²) < 4.78 is 12.0. The second kappa shape index (κ2) is 9.04. The number of para-hydroxylation sites is 2. The molecule has 3 heterocycles. The Labute approximate surface area is 190 Å². The van der Waals surface area contributed by atoms with Crippen molar-refractivity contribution in [2.75, 3.05) is 44.3 Å². The third-order valence-corrected chi connectivity index (χ3v) is 8.82. The molecule has 0 radical (unpaired) electrons. The van der Waals surface area contributed by atoms with Gasteiger partial charge < -0.3 is 19.3 Å². The first-order chi connectivity index (χ1) is 15.2. The van der Waals surface area contributed by atoms with Crippen molar-refractivity contribution >= 4 is 35.3 Å². The molecule has 8 heteroatoms. The third kappa shape index (κ3) is 4.36. The molecule has 2 aromatic carbocycles. The predicted octanol–water partition coefficient (Wildman–Crippen LogP) is 3.29. The van der Waals surface area contributed by atoms with Crippen molar-refractivity contribution < 1.29 is 19.1 Å². The van der Waals surface area contributed by atoms with E-state index in [2.05, 4.69) is 12.1 Å². The van der Waals surface area contributed by atoms with Crippen LogP contribution in [0.1, 0.15) is 20.5 Å². The summed E-state index contributed by atoms with van der Waals surface area (Å²) in [6.45, 7) is 2.24. The minimum Gasteiger partial charge on any atom is -0.485 e. The Morgan fingerprint density at radius 1 is 0.839 bits per heavy atom. The minimum absolute atomic E-state index is 0.0246. The zero-order chi connectivity index (χ0) is 21.2. The molecule has 0 unspecified atom stereocenters. The van der Waals surface area contributed by atoms with Gasteiger partial charge in [-0.3, -0.25) is 9.59 Å². The lowest BCUT2D eigenvalue weighted by Crippen LogP contribution is -2.55. The highest BCUT2D eigenvalue weighted by Crippen LogP contribution is 2.45. The molecule has 6 nitrogen and oxygen atoms in total. The van der Waals surface area contributed by atoms with Gasteiger partial charge in [0.1, 0.15) is 6.61 Å². The normalized spacial score (nSPS) is 21.2. The van der Waals surface area contributed by atoms with Gasteiger partial charge in [0.2, 0.25) is 6.10 Å². The van der Waals surface area contributed by atoms with Crippen LogP contribution in [0.25, 0.3) is 0 Å². The molecule has 2 fully saturated rings. The number of rotatable bonds is 3. The Bertz CT molecular complexity index is 954. The number of ether oxygens (including phenoxy) is 2. The Kier molecular flexibility index (Phi) is 6.00. The summed E-state index contributed by atoms with van der Waals surface area (Å²) in [6, 6.07) is 15.4. The molecule has 3 aliphatic rings. The lowest BCUT2D eigenvalue weighted by atomic mass is 10.1. The van der Waals surface area contributed by atoms with Gasteiger partial charge in [-0.25, -0.2) is 0 Å². The van der Waals surface area contributed by atoms with Crippen LogP contribution >= 0.6 is 23.5 Å². The number of nitrogens with zero attached hydrogens (tertiary/aromatic N) is 2. The lowest BCUT2D eigenvalue weighted by molar-refractivity contribution is -0.142. The van der Waals surface area contributed by atoms with E-state index in [0.29, 0.717) is 47.8 Å². The highest BCUT2D eigenvalue weighted by molar-refractivity contribution is 8.19. The van der Waals surface area contributed by atoms with E-state index in [0.717, 1.165) is 0 Å². The summed E-state index contributed by atoms with van der Waals surface area (Å²) in [5.74, 6) is 3.57. The number of piperazine rings is 1. The first kappa shape index (κ1) is 20.6. The van der Waals surface area contributed by atoms with Crippen LogP contribution in [-0.4, -0.2) is 72.0 Å². The minimum atomic E-state index is -0.643. The number of fused-ring (bicyclic) bond motifs is 1. The molecule has 2 saturated heterocycles. The Balaban J connectivity index is 1.16. The molecule has 0 aliphatic carbocycles. The maximum atomic E-state index is 12.9. The third-order valence-electron chi connectivity index (χ3n) is 5.71. The lowest BCUT2D eigenvalue weighted by Gasteiger charge is -2.37. The van der Waals surface area contributed by atoms with Gasteiger partial charge in [0, 0.05) is 43.2 Å². The van der Waals surface area contributed by atoms with Crippen LogP contribution in [0.3, 0.4) is 0 Å². The highest BCUT2D eigenvalue weighted by Gasteiger charge is 2.33. The molecule has 5 rings (SSSR count). The van der Waals surface area contributed by atoms with Gasteiger partial charge in [-0.1, -0.05) is 24.3 Å². The molecule has 0 saturated carbocycles. The topological polar surface area (TPSA) is 59.1 Å². The van der Waals surface area contributed by atoms with Crippen molar-refractivity contribution in [3.05, 3.63) is 59.7 Å². The monoisotopic (exact) mass is 456 g/mol. The zero-order valence-corrected chi connectivity index (χ0v) is 18.7. The van der Waals surface area contributed by atoms with Crippen LogP contribution in [0, 0.1) is 0 Å². The maximum Gasteiger partial charge on any atom is 0.267 e. The number of benzene rings is 2. The van der Waals surface area contributed by atoms with Gasteiger partial charge in [-0.2, -0.15) is 0 Å². The quantitative estimate of drug-likeness (QED) is 0.707. The van der Waals surface area contributed by atoms with E-state index in [4.69, 9.17) is 9.47 Å². The van der Waals surface area contributed by atoms with Gasteiger partial charge in [-0.15, -0.1) is 23.5 Å². The van der Waals surface area contributed by atoms with Crippen LogP contribution in [0.15, 0.2) is 48.5 Å². The summed E-state index contributed by atoms with van der Waals surface area (Å²) in [5, 5.41) is 0. The Hall–Kier alpha value is -2.32.